The van der Waals surface area contributed by atoms with Gasteiger partial charge < -0.3 is 47.8 Å². The summed E-state index contributed by atoms with van der Waals surface area (Å²) in [5, 5.41) is 0. The molecule has 4 heterocycles. The molecule has 0 amide bonds. The Balaban J connectivity index is 1.19. The van der Waals surface area contributed by atoms with E-state index in [2.05, 4.69) is 50.8 Å². The summed E-state index contributed by atoms with van der Waals surface area (Å²) in [5.41, 5.74) is 2.81. The number of carbonyl (C=O) groups is 2. The van der Waals surface area contributed by atoms with Crippen molar-refractivity contribution in [3.63, 3.8) is 0 Å². The van der Waals surface area contributed by atoms with Crippen molar-refractivity contribution in [2.45, 2.75) is 178 Å². The maximum Gasteiger partial charge on any atom is 0.306 e. The number of aryl methyl sites for hydroxylation is 1. The van der Waals surface area contributed by atoms with E-state index in [-0.39, 0.29) is 96.8 Å². The van der Waals surface area contributed by atoms with E-state index < -0.39 is 18.3 Å². The molecule has 6 aliphatic rings. The van der Waals surface area contributed by atoms with Crippen LogP contribution in [0.3, 0.4) is 0 Å². The number of ketones is 1. The highest BCUT2D eigenvalue weighted by Crippen LogP contribution is 2.61. The van der Waals surface area contributed by atoms with E-state index in [1.807, 2.05) is 13.8 Å². The molecule has 57 heavy (non-hydrogen) atoms. The Labute approximate surface area is 339 Å². The van der Waals surface area contributed by atoms with Gasteiger partial charge in [-0.05, 0) is 96.7 Å². The number of aromatic nitrogens is 2. The van der Waals surface area contributed by atoms with Crippen LogP contribution in [0.2, 0.25) is 0 Å². The van der Waals surface area contributed by atoms with Crippen LogP contribution in [0.25, 0.3) is 0 Å². The van der Waals surface area contributed by atoms with Crippen LogP contribution in [-0.2, 0) is 53.9 Å². The first-order valence-electron chi connectivity index (χ1n) is 21.8. The maximum atomic E-state index is 15.0. The summed E-state index contributed by atoms with van der Waals surface area (Å²) in [6.07, 6.45) is 6.28. The quantitative estimate of drug-likeness (QED) is 0.284. The molecule has 1 saturated carbocycles. The van der Waals surface area contributed by atoms with Crippen molar-refractivity contribution >= 4 is 11.8 Å². The lowest BCUT2D eigenvalue weighted by atomic mass is 9.67. The number of hydrogen-bond acceptors (Lipinski definition) is 12. The number of Topliss-reactive ketones (excluding diaryl/α,β-unsaturated/α-hetero) is 1. The molecule has 1 aromatic rings. The second kappa shape index (κ2) is 18.2. The van der Waals surface area contributed by atoms with Gasteiger partial charge in [-0.3, -0.25) is 9.59 Å². The summed E-state index contributed by atoms with van der Waals surface area (Å²) >= 11 is 0. The van der Waals surface area contributed by atoms with Gasteiger partial charge in [-0.25, -0.2) is 4.98 Å². The second-order valence-electron chi connectivity index (χ2n) is 17.8. The predicted octanol–water partition coefficient (Wildman–Crippen LogP) is 5.85. The van der Waals surface area contributed by atoms with Gasteiger partial charge >= 0.3 is 5.97 Å². The highest BCUT2D eigenvalue weighted by molar-refractivity contribution is 5.99. The van der Waals surface area contributed by atoms with E-state index in [9.17, 15) is 4.79 Å². The van der Waals surface area contributed by atoms with Crippen LogP contribution in [-0.4, -0.2) is 129 Å². The number of nitrogens with one attached hydrogen (secondary N) is 1. The summed E-state index contributed by atoms with van der Waals surface area (Å²) in [6, 6.07) is 0.322. The van der Waals surface area contributed by atoms with Gasteiger partial charge in [-0.2, -0.15) is 0 Å². The Bertz CT molecular complexity index is 1580. The number of likely N-dealkylation sites (N-methyl/N-ethyl adjacent to an activating group) is 1. The van der Waals surface area contributed by atoms with Crippen LogP contribution in [0.15, 0.2) is 11.6 Å². The topological polar surface area (TPSA) is 140 Å². The van der Waals surface area contributed by atoms with Crippen molar-refractivity contribution in [2.75, 3.05) is 35.4 Å². The average molecular weight is 800 g/mol. The van der Waals surface area contributed by atoms with Crippen molar-refractivity contribution in [1.82, 2.24) is 14.9 Å². The Morgan fingerprint density at radius 1 is 0.877 bits per heavy atom. The summed E-state index contributed by atoms with van der Waals surface area (Å²) in [5.74, 6) is 0.118. The number of H-pyrrole nitrogens is 1. The van der Waals surface area contributed by atoms with E-state index in [0.29, 0.717) is 12.5 Å². The van der Waals surface area contributed by atoms with Crippen LogP contribution in [0.1, 0.15) is 121 Å². The first kappa shape index (κ1) is 42.9. The molecule has 0 aromatic carbocycles. The Kier molecular flexibility index (Phi) is 13.7. The number of hydrogen-bond donors (Lipinski definition) is 1. The molecule has 0 unspecified atom stereocenters. The van der Waals surface area contributed by atoms with Gasteiger partial charge in [0.15, 0.2) is 18.4 Å². The molecule has 0 spiro atoms. The maximum absolute atomic E-state index is 15.0. The third-order valence-electron chi connectivity index (χ3n) is 14.4. The largest absolute Gasteiger partial charge is 0.462 e. The Morgan fingerprint density at radius 2 is 1.63 bits per heavy atom. The molecule has 1 N–H and O–H groups in total. The zero-order valence-electron chi connectivity index (χ0n) is 35.9. The lowest BCUT2D eigenvalue weighted by molar-refractivity contribution is -0.314. The highest BCUT2D eigenvalue weighted by atomic mass is 16.7. The fourth-order valence-electron chi connectivity index (χ4n) is 11.4. The summed E-state index contributed by atoms with van der Waals surface area (Å²) in [4.78, 5) is 40.0. The number of rotatable bonds is 10. The normalized spacial score (nSPS) is 42.6. The van der Waals surface area contributed by atoms with Crippen LogP contribution >= 0.6 is 0 Å². The molecule has 13 heteroatoms. The molecule has 0 bridgehead atoms. The molecule has 17 atom stereocenters. The van der Waals surface area contributed by atoms with Crippen molar-refractivity contribution in [3.05, 3.63) is 28.9 Å². The van der Waals surface area contributed by atoms with Crippen LogP contribution in [0, 0.1) is 23.7 Å². The number of nitrogens with zero attached hydrogens (tertiary/aromatic N) is 2. The van der Waals surface area contributed by atoms with Gasteiger partial charge in [0.05, 0.1) is 36.5 Å². The number of esters is 1. The SMILES string of the molecule is CCc1nc2c([nH]1)[C@@H]1C[C@@H](O[C@@H]3O[C@@H](C)[C@H](OC)[C@@H](OC)[C@H]3OC)C[C@H]1[C@@H]1C=C3C(=O)[C@H](C)[C@@H](O[C@H]4CC[C@H](N(C)C)[C@@H](C)O4)CCC[C@H](CC)OC(=O)C[C@H]3[C@H]21. The molecule has 1 aromatic heterocycles. The fraction of sp³-hybridized carbons (Fsp3) is 0.841. The lowest BCUT2D eigenvalue weighted by Gasteiger charge is -2.44. The van der Waals surface area contributed by atoms with Gasteiger partial charge in [0.1, 0.15) is 30.2 Å². The molecular weight excluding hydrogens is 730 g/mol. The van der Waals surface area contributed by atoms with E-state index in [4.69, 9.17) is 42.9 Å². The molecule has 3 aliphatic carbocycles. The molecule has 4 fully saturated rings. The number of ether oxygens (including phenoxy) is 8. The fourth-order valence-corrected chi connectivity index (χ4v) is 11.4. The molecule has 320 valence electrons. The number of fused-ring (bicyclic) bond motifs is 8. The molecule has 3 saturated heterocycles. The van der Waals surface area contributed by atoms with Crippen LogP contribution in [0.4, 0.5) is 0 Å². The monoisotopic (exact) mass is 799 g/mol. The zero-order chi connectivity index (χ0) is 40.7. The zero-order valence-corrected chi connectivity index (χ0v) is 35.9. The third-order valence-corrected chi connectivity index (χ3v) is 14.4. The number of carbonyl (C=O) groups excluding carboxylic acids is 2. The molecular formula is C44H69N3O10. The summed E-state index contributed by atoms with van der Waals surface area (Å²) in [6.45, 7) is 10.3. The van der Waals surface area contributed by atoms with Crippen LogP contribution in [0.5, 0.6) is 0 Å². The summed E-state index contributed by atoms with van der Waals surface area (Å²) in [7, 11) is 9.15. The van der Waals surface area contributed by atoms with Gasteiger partial charge in [0.25, 0.3) is 0 Å². The van der Waals surface area contributed by atoms with E-state index in [1.54, 1.807) is 21.3 Å². The Hall–Kier alpha value is -2.23. The van der Waals surface area contributed by atoms with Crippen molar-refractivity contribution in [2.24, 2.45) is 23.7 Å². The minimum Gasteiger partial charge on any atom is -0.462 e. The third kappa shape index (κ3) is 8.43. The average Bonchev–Trinajstić information content (AvgIpc) is 3.91. The first-order chi connectivity index (χ1) is 27.4. The second-order valence-corrected chi connectivity index (χ2v) is 17.8. The van der Waals surface area contributed by atoms with Crippen molar-refractivity contribution in [3.8, 4) is 0 Å². The lowest BCUT2D eigenvalue weighted by Crippen LogP contribution is -2.59. The van der Waals surface area contributed by atoms with Crippen LogP contribution < -0.4 is 0 Å². The van der Waals surface area contributed by atoms with Gasteiger partial charge in [-0.15, -0.1) is 0 Å². The number of cyclic esters (lactones) is 1. The minimum atomic E-state index is -0.641. The van der Waals surface area contributed by atoms with E-state index in [0.717, 1.165) is 74.2 Å². The van der Waals surface area contributed by atoms with Crippen molar-refractivity contribution < 1.29 is 47.5 Å². The smallest absolute Gasteiger partial charge is 0.306 e. The molecule has 13 nitrogen and oxygen atoms in total. The van der Waals surface area contributed by atoms with E-state index in [1.165, 1.54) is 0 Å². The number of allylic oxidation sites excluding steroid dienone is 2. The van der Waals surface area contributed by atoms with Crippen molar-refractivity contribution in [1.29, 1.82) is 0 Å². The predicted molar refractivity (Wildman–Crippen MR) is 212 cm³/mol. The minimum absolute atomic E-state index is 0.000894. The molecule has 7 rings (SSSR count). The first-order valence-corrected chi connectivity index (χ1v) is 21.8. The number of aromatic amines is 1. The summed E-state index contributed by atoms with van der Waals surface area (Å²) < 4.78 is 50.2. The molecule has 0 radical (unpaired) electrons. The highest BCUT2D eigenvalue weighted by Gasteiger charge is 2.57. The number of imidazole rings is 1. The number of methoxy groups -OCH3 is 3. The standard InChI is InChI=1S/C44H69N3O10/c1-11-25-14-13-15-33(57-36-17-16-32(47(6)7)23(4)53-36)22(3)40(49)31-20-28-27-18-26(56-44-43(52-10)42(51-9)41(50-8)24(5)54-44)19-30(27)38-39(46-34(12-2)45-38)37(28)29(31)21-35(48)55-25/h20,22-30,32-33,36-37,41-44H,11-19,21H2,1-10H3,(H,45,46)/t22-,23-,24+,25+,26+,27+,28+,29-,30-,32+,33+,36+,37-,41+,42-,43-,44+/m1/s1. The van der Waals surface area contributed by atoms with Gasteiger partial charge in [0, 0.05) is 63.2 Å². The Morgan fingerprint density at radius 3 is 2.30 bits per heavy atom. The van der Waals surface area contributed by atoms with Gasteiger partial charge in [0.2, 0.25) is 0 Å². The van der Waals surface area contributed by atoms with E-state index >= 15 is 4.79 Å². The van der Waals surface area contributed by atoms with Gasteiger partial charge in [-0.1, -0.05) is 26.8 Å². The molecule has 3 aliphatic heterocycles.